The Morgan fingerprint density at radius 2 is 2.00 bits per heavy atom. The Bertz CT molecular complexity index is 781. The van der Waals surface area contributed by atoms with E-state index in [9.17, 15) is 4.79 Å². The Hall–Kier alpha value is -2.76. The van der Waals surface area contributed by atoms with E-state index >= 15 is 0 Å². The Morgan fingerprint density at radius 3 is 2.58 bits per heavy atom. The van der Waals surface area contributed by atoms with Gasteiger partial charge < -0.3 is 19.3 Å². The highest BCUT2D eigenvalue weighted by atomic mass is 16.5. The van der Waals surface area contributed by atoms with E-state index in [-0.39, 0.29) is 11.4 Å². The maximum atomic E-state index is 11.9. The fourth-order valence-corrected chi connectivity index (χ4v) is 2.35. The van der Waals surface area contributed by atoms with Crippen molar-refractivity contribution in [3.8, 4) is 11.5 Å². The topological polar surface area (TPSA) is 73.6 Å². The van der Waals surface area contributed by atoms with Gasteiger partial charge in [0.1, 0.15) is 12.4 Å². The third-order valence-corrected chi connectivity index (χ3v) is 3.67. The molecule has 0 fully saturated rings. The third-order valence-electron chi connectivity index (χ3n) is 3.67. The smallest absolute Gasteiger partial charge is 0.244 e. The van der Waals surface area contributed by atoms with E-state index < -0.39 is 0 Å². The van der Waals surface area contributed by atoms with Crippen molar-refractivity contribution < 1.29 is 18.8 Å². The minimum atomic E-state index is -0.269. The minimum absolute atomic E-state index is 0.143. The quantitative estimate of drug-likeness (QED) is 0.795. The zero-order valence-corrected chi connectivity index (χ0v) is 16.2. The van der Waals surface area contributed by atoms with Crippen LogP contribution in [0, 0.1) is 13.8 Å². The molecule has 0 aliphatic carbocycles. The van der Waals surface area contributed by atoms with Crippen molar-refractivity contribution >= 4 is 12.0 Å². The number of nitrogens with zero attached hydrogens (tertiary/aromatic N) is 1. The largest absolute Gasteiger partial charge is 0.493 e. The zero-order valence-electron chi connectivity index (χ0n) is 16.2. The molecule has 1 aromatic carbocycles. The third kappa shape index (κ3) is 5.37. The Kier molecular flexibility index (Phi) is 6.08. The van der Waals surface area contributed by atoms with Crippen molar-refractivity contribution in [2.24, 2.45) is 0 Å². The average Bonchev–Trinajstić information content (AvgIpc) is 2.88. The fourth-order valence-electron chi connectivity index (χ4n) is 2.35. The van der Waals surface area contributed by atoms with E-state index in [0.29, 0.717) is 18.1 Å². The summed E-state index contributed by atoms with van der Waals surface area (Å²) in [4.78, 5) is 11.9. The molecule has 0 spiro atoms. The number of hydrogen-bond donors (Lipinski definition) is 1. The monoisotopic (exact) mass is 358 g/mol. The van der Waals surface area contributed by atoms with Gasteiger partial charge in [-0.3, -0.25) is 4.79 Å². The number of benzene rings is 1. The predicted molar refractivity (Wildman–Crippen MR) is 100 cm³/mol. The summed E-state index contributed by atoms with van der Waals surface area (Å²) in [6.45, 7) is 9.89. The van der Waals surface area contributed by atoms with E-state index in [1.807, 2.05) is 52.8 Å². The summed E-state index contributed by atoms with van der Waals surface area (Å²) in [5.41, 5.74) is 2.31. The van der Waals surface area contributed by atoms with Crippen molar-refractivity contribution in [1.82, 2.24) is 10.5 Å². The van der Waals surface area contributed by atoms with Crippen LogP contribution in [0.1, 0.15) is 43.4 Å². The van der Waals surface area contributed by atoms with Gasteiger partial charge in [0.05, 0.1) is 18.4 Å². The molecule has 6 nitrogen and oxygen atoms in total. The molecular weight excluding hydrogens is 332 g/mol. The molecule has 26 heavy (non-hydrogen) atoms. The van der Waals surface area contributed by atoms with Crippen LogP contribution in [0.5, 0.6) is 11.5 Å². The van der Waals surface area contributed by atoms with Crippen LogP contribution >= 0.6 is 0 Å². The molecule has 1 N–H and O–H groups in total. The first-order valence-corrected chi connectivity index (χ1v) is 8.42. The van der Waals surface area contributed by atoms with Gasteiger partial charge in [-0.05, 0) is 58.4 Å². The van der Waals surface area contributed by atoms with Crippen LogP contribution in [-0.4, -0.2) is 23.7 Å². The maximum absolute atomic E-state index is 11.9. The lowest BCUT2D eigenvalue weighted by Crippen LogP contribution is -2.39. The molecule has 1 aromatic heterocycles. The number of carbonyl (C=O) groups is 1. The number of rotatable bonds is 6. The lowest BCUT2D eigenvalue weighted by molar-refractivity contribution is -0.117. The van der Waals surface area contributed by atoms with Gasteiger partial charge in [-0.1, -0.05) is 11.2 Å². The van der Waals surface area contributed by atoms with Crippen LogP contribution in [0.3, 0.4) is 0 Å². The van der Waals surface area contributed by atoms with Gasteiger partial charge in [0, 0.05) is 11.6 Å². The van der Waals surface area contributed by atoms with E-state index in [4.69, 9.17) is 14.0 Å². The average molecular weight is 358 g/mol. The molecular formula is C20H26N2O4. The summed E-state index contributed by atoms with van der Waals surface area (Å²) in [5.74, 6) is 1.81. The summed E-state index contributed by atoms with van der Waals surface area (Å²) >= 11 is 0. The van der Waals surface area contributed by atoms with E-state index in [2.05, 4.69) is 10.5 Å². The first kappa shape index (κ1) is 19.6. The molecule has 0 saturated heterocycles. The van der Waals surface area contributed by atoms with Crippen LogP contribution in [0.25, 0.3) is 6.08 Å². The fraction of sp³-hybridized carbons (Fsp3) is 0.400. The van der Waals surface area contributed by atoms with Gasteiger partial charge >= 0.3 is 0 Å². The molecule has 1 amide bonds. The molecule has 0 bridgehead atoms. The normalized spacial score (nSPS) is 11.6. The molecule has 2 aromatic rings. The van der Waals surface area contributed by atoms with Gasteiger partial charge in [0.25, 0.3) is 0 Å². The van der Waals surface area contributed by atoms with Gasteiger partial charge in [-0.15, -0.1) is 0 Å². The van der Waals surface area contributed by atoms with Crippen LogP contribution in [0.4, 0.5) is 0 Å². The van der Waals surface area contributed by atoms with Crippen molar-refractivity contribution in [2.75, 3.05) is 7.11 Å². The summed E-state index contributed by atoms with van der Waals surface area (Å²) in [6, 6.07) is 5.51. The molecule has 0 saturated carbocycles. The maximum Gasteiger partial charge on any atom is 0.244 e. The number of ether oxygens (including phenoxy) is 2. The number of nitrogens with one attached hydrogen (secondary N) is 1. The van der Waals surface area contributed by atoms with E-state index in [1.54, 1.807) is 13.2 Å². The van der Waals surface area contributed by atoms with Crippen molar-refractivity contribution in [2.45, 2.75) is 46.8 Å². The number of methoxy groups -OCH3 is 1. The molecule has 1 heterocycles. The number of hydrogen-bond acceptors (Lipinski definition) is 5. The molecule has 6 heteroatoms. The molecule has 0 aliphatic heterocycles. The molecule has 0 atom stereocenters. The summed E-state index contributed by atoms with van der Waals surface area (Å²) < 4.78 is 16.4. The standard InChI is InChI=1S/C20H26N2O4/c1-13-16(14(2)26-22-13)12-25-17-9-7-15(11-18(17)24-6)8-10-19(23)21-20(3,4)5/h7-11H,12H2,1-6H3,(H,21,23)/b10-8+. The molecule has 0 aliphatic rings. The minimum Gasteiger partial charge on any atom is -0.493 e. The molecule has 140 valence electrons. The number of carbonyl (C=O) groups excluding carboxylic acids is 1. The second kappa shape index (κ2) is 8.08. The van der Waals surface area contributed by atoms with Crippen LogP contribution < -0.4 is 14.8 Å². The predicted octanol–water partition coefficient (Wildman–Crippen LogP) is 3.81. The summed E-state index contributed by atoms with van der Waals surface area (Å²) in [6.07, 6.45) is 3.24. The van der Waals surface area contributed by atoms with Crippen LogP contribution in [0.15, 0.2) is 28.8 Å². The van der Waals surface area contributed by atoms with Crippen molar-refractivity contribution in [1.29, 1.82) is 0 Å². The lowest BCUT2D eigenvalue weighted by Gasteiger charge is -2.19. The number of aromatic nitrogens is 1. The van der Waals surface area contributed by atoms with Gasteiger partial charge in [-0.25, -0.2) is 0 Å². The first-order chi connectivity index (χ1) is 12.2. The second-order valence-corrected chi connectivity index (χ2v) is 7.07. The van der Waals surface area contributed by atoms with Gasteiger partial charge in [0.2, 0.25) is 5.91 Å². The summed E-state index contributed by atoms with van der Waals surface area (Å²) in [5, 5.41) is 6.80. The highest BCUT2D eigenvalue weighted by molar-refractivity contribution is 5.92. The van der Waals surface area contributed by atoms with Crippen LogP contribution in [-0.2, 0) is 11.4 Å². The lowest BCUT2D eigenvalue weighted by atomic mass is 10.1. The van der Waals surface area contributed by atoms with Gasteiger partial charge in [0.15, 0.2) is 11.5 Å². The molecule has 2 rings (SSSR count). The van der Waals surface area contributed by atoms with E-state index in [0.717, 1.165) is 22.6 Å². The Balaban J connectivity index is 2.08. The van der Waals surface area contributed by atoms with Crippen molar-refractivity contribution in [3.05, 3.63) is 46.9 Å². The second-order valence-electron chi connectivity index (χ2n) is 7.07. The van der Waals surface area contributed by atoms with Gasteiger partial charge in [-0.2, -0.15) is 0 Å². The zero-order chi connectivity index (χ0) is 19.3. The summed E-state index contributed by atoms with van der Waals surface area (Å²) in [7, 11) is 1.58. The Labute approximate surface area is 154 Å². The highest BCUT2D eigenvalue weighted by Crippen LogP contribution is 2.30. The van der Waals surface area contributed by atoms with Crippen molar-refractivity contribution in [3.63, 3.8) is 0 Å². The SMILES string of the molecule is COc1cc(/C=C/C(=O)NC(C)(C)C)ccc1OCc1c(C)noc1C. The highest BCUT2D eigenvalue weighted by Gasteiger charge is 2.13. The molecule has 0 radical (unpaired) electrons. The number of amides is 1. The van der Waals surface area contributed by atoms with Crippen LogP contribution in [0.2, 0.25) is 0 Å². The van der Waals surface area contributed by atoms with E-state index in [1.165, 1.54) is 6.08 Å². The molecule has 0 unspecified atom stereocenters. The number of aryl methyl sites for hydroxylation is 2. The Morgan fingerprint density at radius 1 is 1.27 bits per heavy atom. The first-order valence-electron chi connectivity index (χ1n) is 8.42.